The number of hydrogen-bond acceptors (Lipinski definition) is 2. The first kappa shape index (κ1) is 17.1. The van der Waals surface area contributed by atoms with E-state index in [-0.39, 0.29) is 24.7 Å². The van der Waals surface area contributed by atoms with Crippen LogP contribution in [0.1, 0.15) is 46.0 Å². The highest BCUT2D eigenvalue weighted by Crippen LogP contribution is 2.19. The number of rotatable bonds is 8. The Morgan fingerprint density at radius 1 is 1.47 bits per heavy atom. The van der Waals surface area contributed by atoms with Crippen LogP contribution in [0.5, 0.6) is 0 Å². The van der Waals surface area contributed by atoms with Crippen LogP contribution in [0.4, 0.5) is 0 Å². The van der Waals surface area contributed by atoms with Crippen LogP contribution in [0.2, 0.25) is 0 Å². The van der Waals surface area contributed by atoms with E-state index in [1.807, 2.05) is 0 Å². The summed E-state index contributed by atoms with van der Waals surface area (Å²) in [7, 11) is 0. The van der Waals surface area contributed by atoms with Gasteiger partial charge in [-0.3, -0.25) is 4.79 Å². The van der Waals surface area contributed by atoms with Gasteiger partial charge in [-0.25, -0.2) is 0 Å². The lowest BCUT2D eigenvalue weighted by Crippen LogP contribution is -2.20. The monoisotopic (exact) mass is 237 g/mol. The highest BCUT2D eigenvalue weighted by Gasteiger charge is 2.14. The molecule has 92 valence electrons. The molecule has 4 heteroatoms. The molecule has 0 aromatic heterocycles. The first-order valence-corrected chi connectivity index (χ1v) is 5.52. The van der Waals surface area contributed by atoms with Gasteiger partial charge in [-0.1, -0.05) is 33.1 Å². The van der Waals surface area contributed by atoms with Gasteiger partial charge in [-0.05, 0) is 24.8 Å². The molecular weight excluding hydrogens is 214 g/mol. The molecule has 0 unspecified atom stereocenters. The predicted molar refractivity (Wildman–Crippen MR) is 65.4 cm³/mol. The van der Waals surface area contributed by atoms with E-state index in [0.29, 0.717) is 12.5 Å². The van der Waals surface area contributed by atoms with Crippen LogP contribution in [-0.2, 0) is 4.79 Å². The Morgan fingerprint density at radius 2 is 2.07 bits per heavy atom. The van der Waals surface area contributed by atoms with Gasteiger partial charge in [0.15, 0.2) is 0 Å². The fraction of sp³-hybridized carbons (Fsp3) is 0.909. The Bertz CT molecular complexity index is 165. The van der Waals surface area contributed by atoms with Crippen molar-refractivity contribution >= 4 is 18.4 Å². The molecule has 2 atom stereocenters. The SMILES string of the molecule is CCCC[C@@H](C)C[C@H](CN)CC(=O)O.Cl. The van der Waals surface area contributed by atoms with Crippen LogP contribution in [0.3, 0.4) is 0 Å². The van der Waals surface area contributed by atoms with Crippen LogP contribution in [0, 0.1) is 11.8 Å². The Kier molecular flexibility index (Phi) is 11.7. The summed E-state index contributed by atoms with van der Waals surface area (Å²) < 4.78 is 0. The number of nitrogens with two attached hydrogens (primary N) is 1. The van der Waals surface area contributed by atoms with Crippen molar-refractivity contribution in [2.45, 2.75) is 46.0 Å². The largest absolute Gasteiger partial charge is 0.481 e. The lowest BCUT2D eigenvalue weighted by atomic mass is 9.90. The normalized spacial score (nSPS) is 14.1. The first-order valence-electron chi connectivity index (χ1n) is 5.52. The van der Waals surface area contributed by atoms with E-state index in [9.17, 15) is 4.79 Å². The maximum absolute atomic E-state index is 10.5. The minimum absolute atomic E-state index is 0. The average Bonchev–Trinajstić information content (AvgIpc) is 2.12. The van der Waals surface area contributed by atoms with Crippen LogP contribution in [-0.4, -0.2) is 17.6 Å². The van der Waals surface area contributed by atoms with Gasteiger partial charge >= 0.3 is 5.97 Å². The van der Waals surface area contributed by atoms with E-state index in [4.69, 9.17) is 10.8 Å². The molecule has 0 spiro atoms. The van der Waals surface area contributed by atoms with Gasteiger partial charge in [0.2, 0.25) is 0 Å². The molecule has 0 saturated carbocycles. The van der Waals surface area contributed by atoms with Crippen molar-refractivity contribution in [3.8, 4) is 0 Å². The molecule has 0 bridgehead atoms. The number of unbranched alkanes of at least 4 members (excludes halogenated alkanes) is 1. The predicted octanol–water partition coefficient (Wildman–Crippen LogP) is 2.67. The minimum atomic E-state index is -0.733. The molecule has 0 amide bonds. The molecular formula is C11H24ClNO2. The molecule has 0 fully saturated rings. The Labute approximate surface area is 98.8 Å². The summed E-state index contributed by atoms with van der Waals surface area (Å²) >= 11 is 0. The molecule has 0 aliphatic heterocycles. The Hall–Kier alpha value is -0.280. The number of carbonyl (C=O) groups is 1. The topological polar surface area (TPSA) is 63.3 Å². The Balaban J connectivity index is 0. The van der Waals surface area contributed by atoms with Gasteiger partial charge in [0.05, 0.1) is 0 Å². The van der Waals surface area contributed by atoms with Crippen molar-refractivity contribution in [3.05, 3.63) is 0 Å². The third-order valence-corrected chi connectivity index (χ3v) is 2.58. The van der Waals surface area contributed by atoms with E-state index in [1.165, 1.54) is 19.3 Å². The summed E-state index contributed by atoms with van der Waals surface area (Å²) in [5.74, 6) is 0.0188. The number of carboxylic acids is 1. The van der Waals surface area contributed by atoms with Crippen LogP contribution in [0.15, 0.2) is 0 Å². The van der Waals surface area contributed by atoms with Crippen molar-refractivity contribution < 1.29 is 9.90 Å². The first-order chi connectivity index (χ1) is 6.60. The fourth-order valence-corrected chi connectivity index (χ4v) is 1.75. The van der Waals surface area contributed by atoms with E-state index in [1.54, 1.807) is 0 Å². The average molecular weight is 238 g/mol. The van der Waals surface area contributed by atoms with Crippen molar-refractivity contribution in [2.24, 2.45) is 17.6 Å². The van der Waals surface area contributed by atoms with Gasteiger partial charge in [-0.15, -0.1) is 12.4 Å². The molecule has 0 heterocycles. The molecule has 0 aliphatic rings. The zero-order valence-corrected chi connectivity index (χ0v) is 10.6. The summed E-state index contributed by atoms with van der Waals surface area (Å²) in [4.78, 5) is 10.5. The summed E-state index contributed by atoms with van der Waals surface area (Å²) in [5.41, 5.74) is 5.53. The van der Waals surface area contributed by atoms with Gasteiger partial charge in [0.25, 0.3) is 0 Å². The highest BCUT2D eigenvalue weighted by molar-refractivity contribution is 5.85. The zero-order chi connectivity index (χ0) is 11.0. The highest BCUT2D eigenvalue weighted by atomic mass is 35.5. The van der Waals surface area contributed by atoms with Gasteiger partial charge in [0.1, 0.15) is 0 Å². The number of carboxylic acid groups (broad SMARTS) is 1. The molecule has 3 N–H and O–H groups in total. The summed E-state index contributed by atoms with van der Waals surface area (Å²) in [6.45, 7) is 4.84. The molecule has 3 nitrogen and oxygen atoms in total. The zero-order valence-electron chi connectivity index (χ0n) is 9.74. The van der Waals surface area contributed by atoms with Crippen molar-refractivity contribution in [1.82, 2.24) is 0 Å². The number of halogens is 1. The molecule has 0 aromatic rings. The molecule has 15 heavy (non-hydrogen) atoms. The van der Waals surface area contributed by atoms with Gasteiger partial charge in [0, 0.05) is 6.42 Å². The second-order valence-electron chi connectivity index (χ2n) is 4.18. The molecule has 0 aliphatic carbocycles. The van der Waals surface area contributed by atoms with Crippen molar-refractivity contribution in [1.29, 1.82) is 0 Å². The quantitative estimate of drug-likeness (QED) is 0.682. The Morgan fingerprint density at radius 3 is 2.47 bits per heavy atom. The number of aliphatic carboxylic acids is 1. The fourth-order valence-electron chi connectivity index (χ4n) is 1.75. The maximum atomic E-state index is 10.5. The molecule has 0 radical (unpaired) electrons. The second-order valence-corrected chi connectivity index (χ2v) is 4.18. The lowest BCUT2D eigenvalue weighted by molar-refractivity contribution is -0.138. The number of hydrogen-bond donors (Lipinski definition) is 2. The van der Waals surface area contributed by atoms with Gasteiger partial charge in [-0.2, -0.15) is 0 Å². The van der Waals surface area contributed by atoms with Crippen LogP contribution in [0.25, 0.3) is 0 Å². The summed E-state index contributed by atoms with van der Waals surface area (Å²) in [5, 5.41) is 8.65. The smallest absolute Gasteiger partial charge is 0.303 e. The third kappa shape index (κ3) is 10.0. The maximum Gasteiger partial charge on any atom is 0.303 e. The van der Waals surface area contributed by atoms with E-state index in [2.05, 4.69) is 13.8 Å². The second kappa shape index (κ2) is 10.2. The van der Waals surface area contributed by atoms with Crippen molar-refractivity contribution in [3.63, 3.8) is 0 Å². The molecule has 0 aromatic carbocycles. The van der Waals surface area contributed by atoms with E-state index in [0.717, 1.165) is 6.42 Å². The standard InChI is InChI=1S/C11H23NO2.ClH/c1-3-4-5-9(2)6-10(8-12)7-11(13)14;/h9-10H,3-8,12H2,1-2H3,(H,13,14);1H/t9-,10+;/m1./s1. The van der Waals surface area contributed by atoms with Crippen molar-refractivity contribution in [2.75, 3.05) is 6.54 Å². The van der Waals surface area contributed by atoms with E-state index < -0.39 is 5.97 Å². The summed E-state index contributed by atoms with van der Waals surface area (Å²) in [6, 6.07) is 0. The minimum Gasteiger partial charge on any atom is -0.481 e. The third-order valence-electron chi connectivity index (χ3n) is 2.58. The molecule has 0 rings (SSSR count). The van der Waals surface area contributed by atoms with Crippen LogP contribution < -0.4 is 5.73 Å². The van der Waals surface area contributed by atoms with E-state index >= 15 is 0 Å². The lowest BCUT2D eigenvalue weighted by Gasteiger charge is -2.17. The van der Waals surface area contributed by atoms with Crippen LogP contribution >= 0.6 is 12.4 Å². The summed E-state index contributed by atoms with van der Waals surface area (Å²) in [6.07, 6.45) is 4.78. The van der Waals surface area contributed by atoms with Gasteiger partial charge < -0.3 is 10.8 Å². The molecule has 0 saturated heterocycles.